The zero-order chi connectivity index (χ0) is 8.54. The van der Waals surface area contributed by atoms with Crippen molar-refractivity contribution < 1.29 is 5.11 Å². The molecule has 1 aliphatic carbocycles. The summed E-state index contributed by atoms with van der Waals surface area (Å²) in [5, 5.41) is 9.21. The van der Waals surface area contributed by atoms with Crippen LogP contribution < -0.4 is 0 Å². The minimum absolute atomic E-state index is 0.258. The van der Waals surface area contributed by atoms with Gasteiger partial charge in [-0.25, -0.2) is 0 Å². The van der Waals surface area contributed by atoms with Gasteiger partial charge in [0.25, 0.3) is 0 Å². The van der Waals surface area contributed by atoms with Crippen molar-refractivity contribution in [3.63, 3.8) is 0 Å². The fourth-order valence-corrected chi connectivity index (χ4v) is 2.84. The fourth-order valence-electron chi connectivity index (χ4n) is 1.66. The Morgan fingerprint density at radius 3 is 2.27 bits per heavy atom. The summed E-state index contributed by atoms with van der Waals surface area (Å²) in [6.07, 6.45) is 1.20. The normalized spacial score (nSPS) is 33.8. The number of aliphatic hydroxyl groups excluding tert-OH is 1. The van der Waals surface area contributed by atoms with E-state index in [4.69, 9.17) is 0 Å². The molecule has 0 heterocycles. The van der Waals surface area contributed by atoms with Crippen molar-refractivity contribution in [1.29, 1.82) is 0 Å². The number of hydrogen-bond acceptors (Lipinski definition) is 2. The molecule has 1 rings (SSSR count). The van der Waals surface area contributed by atoms with E-state index in [9.17, 15) is 5.11 Å². The number of aliphatic hydroxyl groups is 1. The van der Waals surface area contributed by atoms with Gasteiger partial charge < -0.3 is 5.11 Å². The monoisotopic (exact) mass is 174 g/mol. The predicted molar refractivity (Wildman–Crippen MR) is 50.9 cm³/mol. The van der Waals surface area contributed by atoms with E-state index >= 15 is 0 Å². The van der Waals surface area contributed by atoms with Gasteiger partial charge in [-0.05, 0) is 17.6 Å². The van der Waals surface area contributed by atoms with Gasteiger partial charge in [-0.15, -0.1) is 0 Å². The molecule has 1 unspecified atom stereocenters. The van der Waals surface area contributed by atoms with Crippen LogP contribution >= 0.6 is 11.8 Å². The summed E-state index contributed by atoms with van der Waals surface area (Å²) in [5.41, 5.74) is 0.650. The molecule has 66 valence electrons. The maximum Gasteiger partial charge on any atom is 0.0500 e. The van der Waals surface area contributed by atoms with Crippen LogP contribution in [0.25, 0.3) is 0 Å². The minimum atomic E-state index is 0.258. The van der Waals surface area contributed by atoms with Crippen molar-refractivity contribution in [3.05, 3.63) is 0 Å². The van der Waals surface area contributed by atoms with Gasteiger partial charge in [-0.2, -0.15) is 11.8 Å². The van der Waals surface area contributed by atoms with Gasteiger partial charge in [-0.1, -0.05) is 20.8 Å². The summed E-state index contributed by atoms with van der Waals surface area (Å²) in [5.74, 6) is 2.30. The van der Waals surface area contributed by atoms with Crippen molar-refractivity contribution in [2.75, 3.05) is 18.1 Å². The van der Waals surface area contributed by atoms with E-state index in [1.54, 1.807) is 0 Å². The summed E-state index contributed by atoms with van der Waals surface area (Å²) in [6.45, 7) is 7.04. The zero-order valence-corrected chi connectivity index (χ0v) is 8.50. The Labute approximate surface area is 73.6 Å². The third-order valence-corrected chi connectivity index (χ3v) is 4.14. The molecule has 1 atom stereocenters. The molecule has 1 aliphatic rings. The van der Waals surface area contributed by atoms with Crippen LogP contribution in [0.4, 0.5) is 0 Å². The molecule has 0 aromatic carbocycles. The highest BCUT2D eigenvalue weighted by molar-refractivity contribution is 7.99. The summed E-state index contributed by atoms with van der Waals surface area (Å²) < 4.78 is 0. The number of thioether (sulfide) groups is 1. The standard InChI is InChI=1S/C9H18OS/c1-4-11-7-9(6-10)5-8(9,2)3/h10H,4-7H2,1-3H3. The maximum atomic E-state index is 9.21. The van der Waals surface area contributed by atoms with E-state index in [2.05, 4.69) is 20.8 Å². The van der Waals surface area contributed by atoms with Crippen LogP contribution in [0.15, 0.2) is 0 Å². The lowest BCUT2D eigenvalue weighted by Gasteiger charge is -2.16. The Hall–Kier alpha value is 0.310. The van der Waals surface area contributed by atoms with E-state index in [0.717, 1.165) is 11.5 Å². The molecule has 1 saturated carbocycles. The van der Waals surface area contributed by atoms with Gasteiger partial charge in [0.1, 0.15) is 0 Å². The topological polar surface area (TPSA) is 20.2 Å². The molecular formula is C9H18OS. The lowest BCUT2D eigenvalue weighted by molar-refractivity contribution is 0.198. The minimum Gasteiger partial charge on any atom is -0.396 e. The van der Waals surface area contributed by atoms with E-state index in [-0.39, 0.29) is 5.41 Å². The van der Waals surface area contributed by atoms with Crippen molar-refractivity contribution >= 4 is 11.8 Å². The van der Waals surface area contributed by atoms with Crippen LogP contribution in [0, 0.1) is 10.8 Å². The highest BCUT2D eigenvalue weighted by Crippen LogP contribution is 2.64. The van der Waals surface area contributed by atoms with Crippen LogP contribution in [0.2, 0.25) is 0 Å². The first kappa shape index (κ1) is 9.40. The smallest absolute Gasteiger partial charge is 0.0500 e. The maximum absolute atomic E-state index is 9.21. The Balaban J connectivity index is 2.40. The van der Waals surface area contributed by atoms with Gasteiger partial charge in [0.05, 0.1) is 6.61 Å². The molecule has 1 N–H and O–H groups in total. The molecule has 0 saturated heterocycles. The fraction of sp³-hybridized carbons (Fsp3) is 1.00. The molecule has 0 spiro atoms. The molecule has 2 heteroatoms. The average molecular weight is 174 g/mol. The summed E-state index contributed by atoms with van der Waals surface area (Å²) in [6, 6.07) is 0. The summed E-state index contributed by atoms with van der Waals surface area (Å²) in [4.78, 5) is 0. The highest BCUT2D eigenvalue weighted by Gasteiger charge is 2.59. The molecule has 0 radical (unpaired) electrons. The Morgan fingerprint density at radius 1 is 1.45 bits per heavy atom. The first-order valence-electron chi connectivity index (χ1n) is 4.26. The molecule has 1 nitrogen and oxygen atoms in total. The second-order valence-electron chi connectivity index (χ2n) is 4.14. The molecule has 0 aliphatic heterocycles. The Kier molecular flexibility index (Phi) is 2.55. The van der Waals surface area contributed by atoms with Crippen molar-refractivity contribution in [2.24, 2.45) is 10.8 Å². The molecule has 0 aromatic rings. The van der Waals surface area contributed by atoms with Crippen molar-refractivity contribution in [2.45, 2.75) is 27.2 Å². The number of rotatable bonds is 4. The van der Waals surface area contributed by atoms with E-state index < -0.39 is 0 Å². The zero-order valence-electron chi connectivity index (χ0n) is 7.68. The number of hydrogen-bond donors (Lipinski definition) is 1. The van der Waals surface area contributed by atoms with E-state index in [1.807, 2.05) is 11.8 Å². The Morgan fingerprint density at radius 2 is 2.00 bits per heavy atom. The quantitative estimate of drug-likeness (QED) is 0.704. The SMILES string of the molecule is CCSCC1(CO)CC1(C)C. The Bertz CT molecular complexity index is 144. The van der Waals surface area contributed by atoms with Crippen LogP contribution in [-0.2, 0) is 0 Å². The molecule has 0 aromatic heterocycles. The molecule has 11 heavy (non-hydrogen) atoms. The third kappa shape index (κ3) is 1.57. The molecule has 0 bridgehead atoms. The van der Waals surface area contributed by atoms with Crippen LogP contribution in [-0.4, -0.2) is 23.2 Å². The average Bonchev–Trinajstić information content (AvgIpc) is 2.50. The first-order chi connectivity index (χ1) is 5.08. The molecular weight excluding hydrogens is 156 g/mol. The van der Waals surface area contributed by atoms with Crippen LogP contribution in [0.5, 0.6) is 0 Å². The van der Waals surface area contributed by atoms with E-state index in [1.165, 1.54) is 6.42 Å². The van der Waals surface area contributed by atoms with Crippen LogP contribution in [0.1, 0.15) is 27.2 Å². The molecule has 0 amide bonds. The highest BCUT2D eigenvalue weighted by atomic mass is 32.2. The van der Waals surface area contributed by atoms with Crippen molar-refractivity contribution in [3.8, 4) is 0 Å². The lowest BCUT2D eigenvalue weighted by Crippen LogP contribution is -2.17. The van der Waals surface area contributed by atoms with Gasteiger partial charge in [0, 0.05) is 11.2 Å². The second-order valence-corrected chi connectivity index (χ2v) is 5.41. The molecule has 1 fully saturated rings. The van der Waals surface area contributed by atoms with Crippen LogP contribution in [0.3, 0.4) is 0 Å². The van der Waals surface area contributed by atoms with Gasteiger partial charge in [0.15, 0.2) is 0 Å². The summed E-state index contributed by atoms with van der Waals surface area (Å²) in [7, 11) is 0. The van der Waals surface area contributed by atoms with Crippen molar-refractivity contribution in [1.82, 2.24) is 0 Å². The third-order valence-electron chi connectivity index (χ3n) is 2.98. The van der Waals surface area contributed by atoms with Gasteiger partial charge >= 0.3 is 0 Å². The largest absolute Gasteiger partial charge is 0.396 e. The van der Waals surface area contributed by atoms with Gasteiger partial charge in [-0.3, -0.25) is 0 Å². The van der Waals surface area contributed by atoms with Gasteiger partial charge in [0.2, 0.25) is 0 Å². The second kappa shape index (κ2) is 2.98. The van der Waals surface area contributed by atoms with E-state index in [0.29, 0.717) is 12.0 Å². The summed E-state index contributed by atoms with van der Waals surface area (Å²) >= 11 is 1.94. The lowest BCUT2D eigenvalue weighted by atomic mass is 9.99. The predicted octanol–water partition coefficient (Wildman–Crippen LogP) is 2.15. The first-order valence-corrected chi connectivity index (χ1v) is 5.42.